The maximum absolute atomic E-state index is 4.25. The van der Waals surface area contributed by atoms with Gasteiger partial charge in [0.05, 0.1) is 12.2 Å². The SMILES string of the molecule is CN=C(NCCC1=CCCCC1)NCc1ccnn1C.I. The third-order valence-corrected chi connectivity index (χ3v) is 3.71. The quantitative estimate of drug-likeness (QED) is 0.344. The molecule has 118 valence electrons. The summed E-state index contributed by atoms with van der Waals surface area (Å²) >= 11 is 0. The molecule has 0 fully saturated rings. The number of allylic oxidation sites excluding steroid dienone is 1. The van der Waals surface area contributed by atoms with E-state index in [4.69, 9.17) is 0 Å². The number of aryl methyl sites for hydroxylation is 1. The molecule has 0 atom stereocenters. The van der Waals surface area contributed by atoms with Crippen LogP contribution in [0, 0.1) is 0 Å². The van der Waals surface area contributed by atoms with Crippen molar-refractivity contribution < 1.29 is 0 Å². The molecule has 0 saturated carbocycles. The van der Waals surface area contributed by atoms with Gasteiger partial charge in [-0.15, -0.1) is 24.0 Å². The Bertz CT molecular complexity index is 478. The van der Waals surface area contributed by atoms with E-state index in [9.17, 15) is 0 Å². The molecular weight excluding hydrogens is 377 g/mol. The third-order valence-electron chi connectivity index (χ3n) is 3.71. The van der Waals surface area contributed by atoms with Gasteiger partial charge in [-0.25, -0.2) is 0 Å². The highest BCUT2D eigenvalue weighted by atomic mass is 127. The van der Waals surface area contributed by atoms with Gasteiger partial charge >= 0.3 is 0 Å². The molecule has 1 aromatic rings. The van der Waals surface area contributed by atoms with Crippen LogP contribution in [0.1, 0.15) is 37.8 Å². The van der Waals surface area contributed by atoms with Gasteiger partial charge < -0.3 is 10.6 Å². The Kier molecular flexibility index (Phi) is 8.41. The Balaban J connectivity index is 0.00000220. The lowest BCUT2D eigenvalue weighted by Gasteiger charge is -2.15. The monoisotopic (exact) mass is 403 g/mol. The van der Waals surface area contributed by atoms with Crippen LogP contribution in [0.3, 0.4) is 0 Å². The van der Waals surface area contributed by atoms with Gasteiger partial charge in [-0.1, -0.05) is 11.6 Å². The van der Waals surface area contributed by atoms with Crippen molar-refractivity contribution in [2.75, 3.05) is 13.6 Å². The number of aromatic nitrogens is 2. The van der Waals surface area contributed by atoms with E-state index in [2.05, 4.69) is 26.8 Å². The topological polar surface area (TPSA) is 54.2 Å². The molecule has 0 bridgehead atoms. The summed E-state index contributed by atoms with van der Waals surface area (Å²) in [5.41, 5.74) is 2.73. The number of hydrogen-bond donors (Lipinski definition) is 2. The molecule has 5 nitrogen and oxygen atoms in total. The van der Waals surface area contributed by atoms with Crippen LogP contribution in [-0.2, 0) is 13.6 Å². The molecule has 1 aliphatic carbocycles. The minimum absolute atomic E-state index is 0. The van der Waals surface area contributed by atoms with Crippen molar-refractivity contribution in [2.24, 2.45) is 12.0 Å². The van der Waals surface area contributed by atoms with Gasteiger partial charge in [-0.3, -0.25) is 9.67 Å². The Labute approximate surface area is 144 Å². The Morgan fingerprint density at radius 1 is 1.38 bits per heavy atom. The molecule has 1 aliphatic rings. The molecule has 6 heteroatoms. The molecule has 2 rings (SSSR count). The van der Waals surface area contributed by atoms with Crippen LogP contribution in [0.15, 0.2) is 28.9 Å². The molecule has 0 unspecified atom stereocenters. The average molecular weight is 403 g/mol. The maximum Gasteiger partial charge on any atom is 0.191 e. The predicted octanol–water partition coefficient (Wildman–Crippen LogP) is 2.59. The van der Waals surface area contributed by atoms with Crippen LogP contribution in [0.4, 0.5) is 0 Å². The van der Waals surface area contributed by atoms with Gasteiger partial charge in [-0.05, 0) is 38.2 Å². The highest BCUT2D eigenvalue weighted by Gasteiger charge is 2.04. The zero-order valence-electron chi connectivity index (χ0n) is 12.9. The van der Waals surface area contributed by atoms with Crippen LogP contribution >= 0.6 is 24.0 Å². The minimum Gasteiger partial charge on any atom is -0.356 e. The van der Waals surface area contributed by atoms with E-state index in [1.165, 1.54) is 25.7 Å². The second-order valence-corrected chi connectivity index (χ2v) is 5.16. The normalized spacial score (nSPS) is 15.1. The fourth-order valence-electron chi connectivity index (χ4n) is 2.44. The number of aliphatic imine (C=N–C) groups is 1. The second kappa shape index (κ2) is 9.81. The lowest BCUT2D eigenvalue weighted by molar-refractivity contribution is 0.660. The summed E-state index contributed by atoms with van der Waals surface area (Å²) in [6.07, 6.45) is 10.5. The van der Waals surface area contributed by atoms with Gasteiger partial charge in [0.25, 0.3) is 0 Å². The highest BCUT2D eigenvalue weighted by molar-refractivity contribution is 14.0. The summed E-state index contributed by atoms with van der Waals surface area (Å²) in [6.45, 7) is 1.68. The van der Waals surface area contributed by atoms with Crippen LogP contribution in [-0.4, -0.2) is 29.3 Å². The van der Waals surface area contributed by atoms with Crippen molar-refractivity contribution >= 4 is 29.9 Å². The Morgan fingerprint density at radius 2 is 2.24 bits per heavy atom. The minimum atomic E-state index is 0. The zero-order valence-corrected chi connectivity index (χ0v) is 15.3. The van der Waals surface area contributed by atoms with E-state index in [-0.39, 0.29) is 24.0 Å². The van der Waals surface area contributed by atoms with E-state index >= 15 is 0 Å². The largest absolute Gasteiger partial charge is 0.356 e. The summed E-state index contributed by atoms with van der Waals surface area (Å²) in [5, 5.41) is 10.8. The average Bonchev–Trinajstić information content (AvgIpc) is 2.89. The van der Waals surface area contributed by atoms with E-state index in [1.54, 1.807) is 12.6 Å². The maximum atomic E-state index is 4.25. The van der Waals surface area contributed by atoms with Crippen molar-refractivity contribution in [3.63, 3.8) is 0 Å². The third kappa shape index (κ3) is 6.07. The first-order valence-electron chi connectivity index (χ1n) is 7.39. The van der Waals surface area contributed by atoms with Crippen LogP contribution in [0.25, 0.3) is 0 Å². The first-order valence-corrected chi connectivity index (χ1v) is 7.39. The second-order valence-electron chi connectivity index (χ2n) is 5.16. The first kappa shape index (κ1) is 18.0. The zero-order chi connectivity index (χ0) is 14.2. The van der Waals surface area contributed by atoms with E-state index in [0.29, 0.717) is 0 Å². The van der Waals surface area contributed by atoms with Crippen molar-refractivity contribution in [3.05, 3.63) is 29.6 Å². The van der Waals surface area contributed by atoms with E-state index in [1.807, 2.05) is 24.0 Å². The molecule has 0 spiro atoms. The molecule has 0 amide bonds. The van der Waals surface area contributed by atoms with Crippen molar-refractivity contribution in [1.82, 2.24) is 20.4 Å². The first-order chi connectivity index (χ1) is 9.79. The van der Waals surface area contributed by atoms with Gasteiger partial charge in [-0.2, -0.15) is 5.10 Å². The standard InChI is InChI=1S/C15H25N5.HI/c1-16-15(18-12-14-9-11-19-20(14)2)17-10-8-13-6-4-3-5-7-13;/h6,9,11H,3-5,7-8,10,12H2,1-2H3,(H2,16,17,18);1H. The van der Waals surface area contributed by atoms with Crippen LogP contribution in [0.5, 0.6) is 0 Å². The predicted molar refractivity (Wildman–Crippen MR) is 98.0 cm³/mol. The molecule has 21 heavy (non-hydrogen) atoms. The number of guanidine groups is 1. The summed E-state index contributed by atoms with van der Waals surface area (Å²) in [6, 6.07) is 2.01. The summed E-state index contributed by atoms with van der Waals surface area (Å²) in [4.78, 5) is 4.25. The number of rotatable bonds is 5. The van der Waals surface area contributed by atoms with Gasteiger partial charge in [0, 0.05) is 26.8 Å². The molecule has 0 aliphatic heterocycles. The molecular formula is C15H26IN5. The van der Waals surface area contributed by atoms with Crippen molar-refractivity contribution in [3.8, 4) is 0 Å². The smallest absolute Gasteiger partial charge is 0.191 e. The Hall–Kier alpha value is -1.05. The molecule has 1 heterocycles. The van der Waals surface area contributed by atoms with E-state index < -0.39 is 0 Å². The summed E-state index contributed by atoms with van der Waals surface area (Å²) in [7, 11) is 3.75. The van der Waals surface area contributed by atoms with Crippen LogP contribution < -0.4 is 10.6 Å². The lowest BCUT2D eigenvalue weighted by atomic mass is 9.97. The molecule has 0 aromatic carbocycles. The summed E-state index contributed by atoms with van der Waals surface area (Å²) in [5.74, 6) is 0.850. The molecule has 0 radical (unpaired) electrons. The number of nitrogens with zero attached hydrogens (tertiary/aromatic N) is 3. The van der Waals surface area contributed by atoms with Crippen molar-refractivity contribution in [1.29, 1.82) is 0 Å². The van der Waals surface area contributed by atoms with Gasteiger partial charge in [0.15, 0.2) is 5.96 Å². The van der Waals surface area contributed by atoms with E-state index in [0.717, 1.165) is 31.2 Å². The van der Waals surface area contributed by atoms with Crippen molar-refractivity contribution in [2.45, 2.75) is 38.6 Å². The van der Waals surface area contributed by atoms with Gasteiger partial charge in [0.2, 0.25) is 0 Å². The molecule has 1 aromatic heterocycles. The fraction of sp³-hybridized carbons (Fsp3) is 0.600. The Morgan fingerprint density at radius 3 is 2.86 bits per heavy atom. The number of halogens is 1. The highest BCUT2D eigenvalue weighted by Crippen LogP contribution is 2.19. The van der Waals surface area contributed by atoms with Gasteiger partial charge in [0.1, 0.15) is 0 Å². The number of hydrogen-bond acceptors (Lipinski definition) is 2. The van der Waals surface area contributed by atoms with Crippen LogP contribution in [0.2, 0.25) is 0 Å². The molecule has 2 N–H and O–H groups in total. The lowest BCUT2D eigenvalue weighted by Crippen LogP contribution is -2.37. The summed E-state index contributed by atoms with van der Waals surface area (Å²) < 4.78 is 1.87. The fourth-order valence-corrected chi connectivity index (χ4v) is 2.44. The number of nitrogens with one attached hydrogen (secondary N) is 2. The molecule has 0 saturated heterocycles.